The van der Waals surface area contributed by atoms with Gasteiger partial charge in [0.15, 0.2) is 11.5 Å². The highest BCUT2D eigenvalue weighted by Crippen LogP contribution is 2.47. The third kappa shape index (κ3) is 4.85. The summed E-state index contributed by atoms with van der Waals surface area (Å²) in [6.45, 7) is 10.0. The van der Waals surface area contributed by atoms with Crippen LogP contribution in [0, 0.1) is 5.41 Å². The van der Waals surface area contributed by atoms with Crippen LogP contribution in [0.3, 0.4) is 0 Å². The normalized spacial score (nSPS) is 18.4. The molecule has 5 rings (SSSR count). The minimum Gasteiger partial charge on any atom is -0.497 e. The molecule has 1 unspecified atom stereocenters. The lowest BCUT2D eigenvalue weighted by molar-refractivity contribution is -0.138. The second-order valence-corrected chi connectivity index (χ2v) is 11.3. The number of hydrogen-bond donors (Lipinski definition) is 1. The van der Waals surface area contributed by atoms with E-state index >= 15 is 0 Å². The van der Waals surface area contributed by atoms with Crippen LogP contribution in [0.4, 0.5) is 0 Å². The number of benzene rings is 2. The van der Waals surface area contributed by atoms with Crippen LogP contribution in [0.5, 0.6) is 5.75 Å². The van der Waals surface area contributed by atoms with Gasteiger partial charge in [-0.3, -0.25) is 9.59 Å². The molecule has 2 heterocycles. The number of fused-ring (bicyclic) bond motifs is 1. The van der Waals surface area contributed by atoms with E-state index in [9.17, 15) is 14.4 Å². The smallest absolute Gasteiger partial charge is 0.336 e. The topological polar surface area (TPSA) is 94.8 Å². The molecule has 1 N–H and O–H groups in total. The molecule has 0 bridgehead atoms. The van der Waals surface area contributed by atoms with Crippen molar-refractivity contribution in [1.29, 1.82) is 0 Å². The Morgan fingerprint density at radius 3 is 2.45 bits per heavy atom. The van der Waals surface area contributed by atoms with Crippen molar-refractivity contribution < 1.29 is 28.3 Å². The van der Waals surface area contributed by atoms with E-state index in [1.807, 2.05) is 26.0 Å². The lowest BCUT2D eigenvalue weighted by Gasteiger charge is -2.39. The van der Waals surface area contributed by atoms with Crippen LogP contribution in [-0.4, -0.2) is 31.3 Å². The summed E-state index contributed by atoms with van der Waals surface area (Å²) in [5, 5.41) is 4.12. The van der Waals surface area contributed by atoms with Crippen LogP contribution in [0.15, 0.2) is 69.4 Å². The molecule has 2 aromatic carbocycles. The number of rotatable bonds is 7. The quantitative estimate of drug-likeness (QED) is 0.273. The predicted octanol–water partition coefficient (Wildman–Crippen LogP) is 6.40. The molecule has 0 spiro atoms. The molecule has 40 heavy (non-hydrogen) atoms. The Morgan fingerprint density at radius 2 is 1.80 bits per heavy atom. The maximum absolute atomic E-state index is 13.6. The largest absolute Gasteiger partial charge is 0.497 e. The van der Waals surface area contributed by atoms with E-state index in [1.54, 1.807) is 44.4 Å². The molecule has 1 atom stereocenters. The first-order chi connectivity index (χ1) is 19.1. The fraction of sp³-hybridized carbons (Fsp3) is 0.364. The molecule has 0 amide bonds. The zero-order valence-corrected chi connectivity index (χ0v) is 23.9. The number of carbonyl (C=O) groups is 3. The SMILES string of the molecule is CCOC(=O)C1=C(C)NC2=C(C(=O)CC(C)(C)C2)C1c1cc(CC)c2oc(C(=O)c3ccc(OC)cc3)cc2c1. The lowest BCUT2D eigenvalue weighted by Crippen LogP contribution is -2.38. The number of dihydropyridines is 1. The molecule has 0 fully saturated rings. The summed E-state index contributed by atoms with van der Waals surface area (Å²) in [4.78, 5) is 40.2. The summed E-state index contributed by atoms with van der Waals surface area (Å²) in [6, 6.07) is 12.6. The van der Waals surface area contributed by atoms with Crippen molar-refractivity contribution in [1.82, 2.24) is 5.32 Å². The summed E-state index contributed by atoms with van der Waals surface area (Å²) in [5.41, 5.74) is 5.23. The number of esters is 1. The maximum Gasteiger partial charge on any atom is 0.336 e. The van der Waals surface area contributed by atoms with Crippen LogP contribution in [0.2, 0.25) is 0 Å². The minimum atomic E-state index is -0.579. The van der Waals surface area contributed by atoms with Gasteiger partial charge in [0.25, 0.3) is 0 Å². The van der Waals surface area contributed by atoms with Gasteiger partial charge in [-0.25, -0.2) is 4.79 Å². The van der Waals surface area contributed by atoms with Crippen LogP contribution in [-0.2, 0) is 20.7 Å². The molecule has 0 radical (unpaired) electrons. The molecule has 3 aromatic rings. The Hall–Kier alpha value is -4.13. The van der Waals surface area contributed by atoms with Crippen molar-refractivity contribution in [2.75, 3.05) is 13.7 Å². The van der Waals surface area contributed by atoms with Gasteiger partial charge < -0.3 is 19.2 Å². The number of furan rings is 1. The second-order valence-electron chi connectivity index (χ2n) is 11.3. The van der Waals surface area contributed by atoms with Gasteiger partial charge in [0, 0.05) is 40.3 Å². The highest BCUT2D eigenvalue weighted by atomic mass is 16.5. The summed E-state index contributed by atoms with van der Waals surface area (Å²) >= 11 is 0. The second kappa shape index (κ2) is 10.5. The van der Waals surface area contributed by atoms with Crippen LogP contribution in [0.1, 0.15) is 80.6 Å². The highest BCUT2D eigenvalue weighted by Gasteiger charge is 2.43. The van der Waals surface area contributed by atoms with Crippen LogP contribution < -0.4 is 10.1 Å². The van der Waals surface area contributed by atoms with Gasteiger partial charge in [-0.05, 0) is 79.6 Å². The number of carbonyl (C=O) groups excluding carboxylic acids is 3. The number of methoxy groups -OCH3 is 1. The summed E-state index contributed by atoms with van der Waals surface area (Å²) < 4.78 is 16.8. The first-order valence-electron chi connectivity index (χ1n) is 13.7. The predicted molar refractivity (Wildman–Crippen MR) is 152 cm³/mol. The Morgan fingerprint density at radius 1 is 1.07 bits per heavy atom. The first kappa shape index (κ1) is 27.4. The average Bonchev–Trinajstić information content (AvgIpc) is 3.35. The van der Waals surface area contributed by atoms with E-state index < -0.39 is 11.9 Å². The van der Waals surface area contributed by atoms with E-state index in [0.29, 0.717) is 53.0 Å². The van der Waals surface area contributed by atoms with E-state index in [0.717, 1.165) is 22.2 Å². The molecular weight excluding hydrogens is 506 g/mol. The molecule has 0 saturated carbocycles. The number of hydrogen-bond acceptors (Lipinski definition) is 7. The number of allylic oxidation sites excluding steroid dienone is 3. The van der Waals surface area contributed by atoms with Crippen molar-refractivity contribution in [3.8, 4) is 5.75 Å². The number of nitrogens with one attached hydrogen (secondary N) is 1. The summed E-state index contributed by atoms with van der Waals surface area (Å²) in [5.74, 6) is -0.339. The lowest BCUT2D eigenvalue weighted by atomic mass is 9.68. The highest BCUT2D eigenvalue weighted by molar-refractivity contribution is 6.09. The maximum atomic E-state index is 13.6. The molecule has 0 saturated heterocycles. The summed E-state index contributed by atoms with van der Waals surface area (Å²) in [7, 11) is 1.58. The van der Waals surface area contributed by atoms with Gasteiger partial charge >= 0.3 is 5.97 Å². The number of ketones is 2. The molecule has 208 valence electrons. The van der Waals surface area contributed by atoms with E-state index in [1.165, 1.54) is 0 Å². The van der Waals surface area contributed by atoms with E-state index in [2.05, 4.69) is 19.2 Å². The fourth-order valence-electron chi connectivity index (χ4n) is 5.93. The molecule has 2 aliphatic rings. The molecule has 7 nitrogen and oxygen atoms in total. The first-order valence-corrected chi connectivity index (χ1v) is 13.7. The monoisotopic (exact) mass is 541 g/mol. The zero-order chi connectivity index (χ0) is 28.8. The standard InChI is InChI=1S/C33H35NO6/c1-7-19-13-21(14-22-15-26(40-31(19)22)30(36)20-9-11-23(38-6)12-10-20)28-27(32(37)39-8-2)18(3)34-24-16-33(4,5)17-25(35)29(24)28/h9-15,28,34H,7-8,16-17H2,1-6H3. The molecule has 1 aliphatic heterocycles. The fourth-order valence-corrected chi connectivity index (χ4v) is 5.93. The molecule has 1 aliphatic carbocycles. The van der Waals surface area contributed by atoms with Gasteiger partial charge in [0.2, 0.25) is 5.78 Å². The van der Waals surface area contributed by atoms with Gasteiger partial charge in [-0.1, -0.05) is 26.8 Å². The third-order valence-corrected chi connectivity index (χ3v) is 7.74. The van der Waals surface area contributed by atoms with Crippen molar-refractivity contribution >= 4 is 28.5 Å². The van der Waals surface area contributed by atoms with Crippen LogP contribution >= 0.6 is 0 Å². The Labute approximate surface area is 234 Å². The van der Waals surface area contributed by atoms with Gasteiger partial charge in [0.1, 0.15) is 11.3 Å². The van der Waals surface area contributed by atoms with Crippen molar-refractivity contribution in [2.24, 2.45) is 5.41 Å². The zero-order valence-electron chi connectivity index (χ0n) is 23.9. The number of ether oxygens (including phenoxy) is 2. The summed E-state index contributed by atoms with van der Waals surface area (Å²) in [6.07, 6.45) is 1.74. The van der Waals surface area contributed by atoms with Crippen molar-refractivity contribution in [3.05, 3.63) is 87.5 Å². The average molecular weight is 542 g/mol. The Balaban J connectivity index is 1.65. The number of Topliss-reactive ketones (excluding diaryl/α,β-unsaturated/α-hetero) is 1. The van der Waals surface area contributed by atoms with Crippen molar-refractivity contribution in [2.45, 2.75) is 59.8 Å². The number of aryl methyl sites for hydroxylation is 1. The molecular formula is C33H35NO6. The molecule has 7 heteroatoms. The van der Waals surface area contributed by atoms with Crippen molar-refractivity contribution in [3.63, 3.8) is 0 Å². The van der Waals surface area contributed by atoms with E-state index in [-0.39, 0.29) is 29.3 Å². The van der Waals surface area contributed by atoms with Crippen LogP contribution in [0.25, 0.3) is 11.0 Å². The minimum absolute atomic E-state index is 0.0266. The Kier molecular flexibility index (Phi) is 7.17. The van der Waals surface area contributed by atoms with Gasteiger partial charge in [-0.2, -0.15) is 0 Å². The Bertz CT molecular complexity index is 1580. The van der Waals surface area contributed by atoms with E-state index in [4.69, 9.17) is 13.9 Å². The van der Waals surface area contributed by atoms with Gasteiger partial charge in [-0.15, -0.1) is 0 Å². The third-order valence-electron chi connectivity index (χ3n) is 7.74. The molecule has 1 aromatic heterocycles. The van der Waals surface area contributed by atoms with Gasteiger partial charge in [0.05, 0.1) is 19.3 Å².